The quantitative estimate of drug-likeness (QED) is 0.838. The van der Waals surface area contributed by atoms with Gasteiger partial charge in [0.2, 0.25) is 5.95 Å². The zero-order chi connectivity index (χ0) is 11.5. The first-order valence-electron chi connectivity index (χ1n) is 5.29. The zero-order valence-electron chi connectivity index (χ0n) is 10.1. The lowest BCUT2D eigenvalue weighted by Gasteiger charge is -2.16. The van der Waals surface area contributed by atoms with Crippen LogP contribution in [0.25, 0.3) is 0 Å². The number of methoxy groups -OCH3 is 1. The number of hydrogen-bond donors (Lipinski definition) is 2. The van der Waals surface area contributed by atoms with Crippen molar-refractivity contribution in [2.45, 2.75) is 19.1 Å². The predicted octanol–water partition coefficient (Wildman–Crippen LogP) is 0.297. The Morgan fingerprint density at radius 2 is 2.33 bits per heavy atom. The third-order valence-corrected chi connectivity index (χ3v) is 2.60. The van der Waals surface area contributed by atoms with Gasteiger partial charge < -0.3 is 15.4 Å². The summed E-state index contributed by atoms with van der Waals surface area (Å²) in [5, 5.41) is 0. The minimum atomic E-state index is -0.155. The van der Waals surface area contributed by atoms with Gasteiger partial charge in [-0.15, -0.1) is 24.8 Å². The number of ether oxygens (including phenoxy) is 1. The second kappa shape index (κ2) is 7.58. The maximum absolute atomic E-state index is 11.4. The minimum absolute atomic E-state index is 0. The van der Waals surface area contributed by atoms with Crippen molar-refractivity contribution in [3.05, 3.63) is 22.1 Å². The molecule has 0 aliphatic carbocycles. The van der Waals surface area contributed by atoms with E-state index in [1.54, 1.807) is 7.11 Å². The van der Waals surface area contributed by atoms with Crippen LogP contribution in [0, 0.1) is 0 Å². The molecule has 1 aromatic rings. The van der Waals surface area contributed by atoms with Gasteiger partial charge in [0.1, 0.15) is 0 Å². The summed E-state index contributed by atoms with van der Waals surface area (Å²) in [7, 11) is 1.58. The van der Waals surface area contributed by atoms with Gasteiger partial charge in [0, 0.05) is 32.3 Å². The first-order valence-corrected chi connectivity index (χ1v) is 5.29. The Hall–Kier alpha value is -0.820. The van der Waals surface area contributed by atoms with Crippen LogP contribution in [0.4, 0.5) is 5.95 Å². The van der Waals surface area contributed by atoms with Crippen LogP contribution in [0.3, 0.4) is 0 Å². The molecule has 6 nitrogen and oxygen atoms in total. The number of nitrogens with one attached hydrogen (secondary N) is 1. The molecule has 0 radical (unpaired) electrons. The fourth-order valence-electron chi connectivity index (χ4n) is 1.85. The van der Waals surface area contributed by atoms with Gasteiger partial charge in [0.15, 0.2) is 0 Å². The van der Waals surface area contributed by atoms with Gasteiger partial charge in [0.25, 0.3) is 5.56 Å². The number of nitrogens with zero attached hydrogens (tertiary/aromatic N) is 2. The Morgan fingerprint density at radius 1 is 1.61 bits per heavy atom. The van der Waals surface area contributed by atoms with Crippen molar-refractivity contribution in [1.29, 1.82) is 0 Å². The average Bonchev–Trinajstić information content (AvgIpc) is 2.64. The molecule has 0 saturated carbocycles. The van der Waals surface area contributed by atoms with E-state index < -0.39 is 0 Å². The third kappa shape index (κ3) is 4.13. The van der Waals surface area contributed by atoms with E-state index >= 15 is 0 Å². The lowest BCUT2D eigenvalue weighted by molar-refractivity contribution is 0.181. The highest BCUT2D eigenvalue weighted by molar-refractivity contribution is 5.85. The summed E-state index contributed by atoms with van der Waals surface area (Å²) in [6.45, 7) is 1.91. The number of H-pyrrole nitrogens is 1. The van der Waals surface area contributed by atoms with E-state index in [1.165, 1.54) is 6.07 Å². The highest BCUT2D eigenvalue weighted by Gasteiger charge is 2.21. The monoisotopic (exact) mass is 296 g/mol. The molecule has 104 valence electrons. The lowest BCUT2D eigenvalue weighted by Crippen LogP contribution is -2.29. The molecule has 1 atom stereocenters. The summed E-state index contributed by atoms with van der Waals surface area (Å²) in [5.41, 5.74) is 6.30. The molecule has 0 bridgehead atoms. The van der Waals surface area contributed by atoms with Gasteiger partial charge in [0.05, 0.1) is 12.3 Å². The summed E-state index contributed by atoms with van der Waals surface area (Å²) in [6.07, 6.45) is 0.929. The van der Waals surface area contributed by atoms with Crippen molar-refractivity contribution < 1.29 is 4.74 Å². The van der Waals surface area contributed by atoms with Crippen LogP contribution in [0.15, 0.2) is 10.9 Å². The molecule has 3 N–H and O–H groups in total. The number of nitrogens with two attached hydrogens (primary N) is 1. The molecular weight excluding hydrogens is 279 g/mol. The molecule has 1 aromatic heterocycles. The van der Waals surface area contributed by atoms with Gasteiger partial charge in [-0.25, -0.2) is 4.98 Å². The molecule has 2 heterocycles. The summed E-state index contributed by atoms with van der Waals surface area (Å²) in [4.78, 5) is 20.5. The topological polar surface area (TPSA) is 84.2 Å². The van der Waals surface area contributed by atoms with Crippen LogP contribution in [-0.2, 0) is 11.3 Å². The Bertz CT molecular complexity index is 427. The first-order chi connectivity index (χ1) is 7.69. The number of rotatable bonds is 3. The number of anilines is 1. The van der Waals surface area contributed by atoms with E-state index in [9.17, 15) is 4.79 Å². The SMILES string of the molecule is COCc1cc(=O)[nH]c(N2CCC(N)C2)n1.Cl.Cl. The summed E-state index contributed by atoms with van der Waals surface area (Å²) < 4.78 is 4.96. The van der Waals surface area contributed by atoms with E-state index in [0.29, 0.717) is 18.2 Å². The Morgan fingerprint density at radius 3 is 2.89 bits per heavy atom. The van der Waals surface area contributed by atoms with E-state index in [4.69, 9.17) is 10.5 Å². The van der Waals surface area contributed by atoms with Gasteiger partial charge in [-0.2, -0.15) is 0 Å². The summed E-state index contributed by atoms with van der Waals surface area (Å²) >= 11 is 0. The van der Waals surface area contributed by atoms with Gasteiger partial charge in [-0.05, 0) is 6.42 Å². The fraction of sp³-hybridized carbons (Fsp3) is 0.600. The van der Waals surface area contributed by atoms with Crippen molar-refractivity contribution in [3.8, 4) is 0 Å². The number of halogens is 2. The highest BCUT2D eigenvalue weighted by Crippen LogP contribution is 2.13. The summed E-state index contributed by atoms with van der Waals surface area (Å²) in [6, 6.07) is 1.61. The second-order valence-corrected chi connectivity index (χ2v) is 3.99. The first kappa shape index (κ1) is 17.2. The highest BCUT2D eigenvalue weighted by atomic mass is 35.5. The predicted molar refractivity (Wildman–Crippen MR) is 74.9 cm³/mol. The van der Waals surface area contributed by atoms with E-state index in [1.807, 2.05) is 4.90 Å². The Balaban J connectivity index is 0.00000144. The van der Waals surface area contributed by atoms with Crippen LogP contribution < -0.4 is 16.2 Å². The third-order valence-electron chi connectivity index (χ3n) is 2.60. The van der Waals surface area contributed by atoms with Crippen LogP contribution in [-0.4, -0.2) is 36.2 Å². The van der Waals surface area contributed by atoms with Crippen molar-refractivity contribution in [2.75, 3.05) is 25.1 Å². The minimum Gasteiger partial charge on any atom is -0.378 e. The molecule has 8 heteroatoms. The van der Waals surface area contributed by atoms with Crippen LogP contribution in [0.5, 0.6) is 0 Å². The van der Waals surface area contributed by atoms with Crippen molar-refractivity contribution in [3.63, 3.8) is 0 Å². The van der Waals surface area contributed by atoms with Crippen molar-refractivity contribution in [2.24, 2.45) is 5.73 Å². The molecule has 0 aromatic carbocycles. The smallest absolute Gasteiger partial charge is 0.252 e. The van der Waals surface area contributed by atoms with E-state index in [-0.39, 0.29) is 36.4 Å². The van der Waals surface area contributed by atoms with E-state index in [2.05, 4.69) is 9.97 Å². The largest absolute Gasteiger partial charge is 0.378 e. The Labute approximate surface area is 118 Å². The molecule has 2 rings (SSSR count). The normalized spacial score (nSPS) is 18.1. The fourth-order valence-corrected chi connectivity index (χ4v) is 1.85. The molecule has 0 amide bonds. The molecule has 0 spiro atoms. The average molecular weight is 297 g/mol. The molecule has 1 aliphatic heterocycles. The van der Waals surface area contributed by atoms with Gasteiger partial charge in [-0.3, -0.25) is 9.78 Å². The van der Waals surface area contributed by atoms with Crippen LogP contribution >= 0.6 is 24.8 Å². The summed E-state index contributed by atoms with van der Waals surface area (Å²) in [5.74, 6) is 0.590. The number of hydrogen-bond acceptors (Lipinski definition) is 5. The van der Waals surface area contributed by atoms with Crippen molar-refractivity contribution in [1.82, 2.24) is 9.97 Å². The lowest BCUT2D eigenvalue weighted by atomic mass is 10.3. The van der Waals surface area contributed by atoms with Crippen molar-refractivity contribution >= 4 is 30.8 Å². The molecule has 1 fully saturated rings. The molecule has 1 unspecified atom stereocenters. The maximum atomic E-state index is 11.4. The van der Waals surface area contributed by atoms with Crippen LogP contribution in [0.1, 0.15) is 12.1 Å². The molecule has 1 aliphatic rings. The Kier molecular flexibility index (Phi) is 7.23. The molecule has 18 heavy (non-hydrogen) atoms. The molecule has 1 saturated heterocycles. The zero-order valence-corrected chi connectivity index (χ0v) is 11.7. The van der Waals surface area contributed by atoms with Gasteiger partial charge >= 0.3 is 0 Å². The number of aromatic amines is 1. The van der Waals surface area contributed by atoms with E-state index in [0.717, 1.165) is 19.5 Å². The second-order valence-electron chi connectivity index (χ2n) is 3.99. The van der Waals surface area contributed by atoms with Gasteiger partial charge in [-0.1, -0.05) is 0 Å². The molecular formula is C10H18Cl2N4O2. The van der Waals surface area contributed by atoms with Crippen LogP contribution in [0.2, 0.25) is 0 Å². The number of aromatic nitrogens is 2. The standard InChI is InChI=1S/C10H16N4O2.2ClH/c1-16-6-8-4-9(15)13-10(12-8)14-3-2-7(11)5-14;;/h4,7H,2-3,5-6,11H2,1H3,(H,12,13,15);2*1H. The maximum Gasteiger partial charge on any atom is 0.252 e.